The third-order valence-corrected chi connectivity index (χ3v) is 5.32. The highest BCUT2D eigenvalue weighted by molar-refractivity contribution is 5.82. The molecule has 2 N–H and O–H groups in total. The minimum Gasteiger partial charge on any atom is -0.496 e. The molecule has 3 aliphatic carbocycles. The molecule has 6 nitrogen and oxygen atoms in total. The van der Waals surface area contributed by atoms with Crippen molar-refractivity contribution in [3.8, 4) is 5.75 Å². The second-order valence-electron chi connectivity index (χ2n) is 8.44. The van der Waals surface area contributed by atoms with Gasteiger partial charge in [-0.15, -0.1) is 0 Å². The third kappa shape index (κ3) is 2.99. The molecule has 1 aromatic rings. The van der Waals surface area contributed by atoms with Crippen LogP contribution in [0.15, 0.2) is 18.2 Å². The zero-order valence-corrected chi connectivity index (χ0v) is 15.4. The molecule has 0 heterocycles. The molecule has 2 bridgehead atoms. The Kier molecular flexibility index (Phi) is 4.16. The van der Waals surface area contributed by atoms with Crippen LogP contribution in [0.2, 0.25) is 0 Å². The van der Waals surface area contributed by atoms with Gasteiger partial charge in [-0.3, -0.25) is 0 Å². The summed E-state index contributed by atoms with van der Waals surface area (Å²) in [5.74, 6) is -0.830. The molecule has 1 aromatic carbocycles. The summed E-state index contributed by atoms with van der Waals surface area (Å²) in [6.45, 7) is 5.15. The van der Waals surface area contributed by atoms with E-state index in [4.69, 9.17) is 9.47 Å². The number of methoxy groups -OCH3 is 1. The van der Waals surface area contributed by atoms with E-state index in [2.05, 4.69) is 5.32 Å². The summed E-state index contributed by atoms with van der Waals surface area (Å²) in [6, 6.07) is 3.36. The van der Waals surface area contributed by atoms with E-state index in [1.807, 2.05) is 0 Å². The van der Waals surface area contributed by atoms with Gasteiger partial charge >= 0.3 is 12.1 Å². The fraction of sp³-hybridized carbons (Fsp3) is 0.579. The Morgan fingerprint density at radius 2 is 1.88 bits per heavy atom. The standard InChI is InChI=1S/C19H24FNO5/c1-17(2,3)26-16(24)21-14(15(22)23)19-8-18(9-19,10-19)12-7-11(20)5-6-13(12)25-4/h5-7,14H,8-10H2,1-4H3,(H,21,24)(H,22,23). The van der Waals surface area contributed by atoms with Crippen molar-refractivity contribution >= 4 is 12.1 Å². The van der Waals surface area contributed by atoms with Crippen molar-refractivity contribution < 1.29 is 28.6 Å². The van der Waals surface area contributed by atoms with Crippen LogP contribution in [0.5, 0.6) is 5.75 Å². The van der Waals surface area contributed by atoms with Crippen molar-refractivity contribution in [2.45, 2.75) is 57.1 Å². The van der Waals surface area contributed by atoms with Crippen LogP contribution in [0.25, 0.3) is 0 Å². The van der Waals surface area contributed by atoms with Gasteiger partial charge in [0.2, 0.25) is 0 Å². The predicted molar refractivity (Wildman–Crippen MR) is 91.7 cm³/mol. The Bertz CT molecular complexity index is 735. The predicted octanol–water partition coefficient (Wildman–Crippen LogP) is 3.23. The molecule has 1 amide bonds. The normalized spacial score (nSPS) is 27.6. The molecule has 26 heavy (non-hydrogen) atoms. The van der Waals surface area contributed by atoms with Gasteiger partial charge in [-0.25, -0.2) is 14.0 Å². The second-order valence-corrected chi connectivity index (χ2v) is 8.44. The third-order valence-electron chi connectivity index (χ3n) is 5.32. The van der Waals surface area contributed by atoms with Crippen molar-refractivity contribution in [3.63, 3.8) is 0 Å². The number of carboxylic acid groups (broad SMARTS) is 1. The molecular formula is C19H24FNO5. The van der Waals surface area contributed by atoms with Crippen molar-refractivity contribution in [1.29, 1.82) is 0 Å². The lowest BCUT2D eigenvalue weighted by molar-refractivity contribution is -0.183. The van der Waals surface area contributed by atoms with E-state index in [1.165, 1.54) is 19.2 Å². The molecule has 0 aliphatic heterocycles. The molecule has 7 heteroatoms. The number of carboxylic acids is 1. The van der Waals surface area contributed by atoms with Crippen LogP contribution in [0.1, 0.15) is 45.6 Å². The Morgan fingerprint density at radius 1 is 1.27 bits per heavy atom. The van der Waals surface area contributed by atoms with Crippen LogP contribution in [0.3, 0.4) is 0 Å². The molecule has 4 rings (SSSR count). The van der Waals surface area contributed by atoms with Crippen molar-refractivity contribution in [2.75, 3.05) is 7.11 Å². The van der Waals surface area contributed by atoms with Gasteiger partial charge in [0.1, 0.15) is 23.2 Å². The molecule has 3 saturated carbocycles. The fourth-order valence-electron chi connectivity index (χ4n) is 4.46. The summed E-state index contributed by atoms with van der Waals surface area (Å²) in [7, 11) is 1.53. The number of hydrogen-bond donors (Lipinski definition) is 2. The number of aliphatic carboxylic acids is 1. The molecule has 3 fully saturated rings. The minimum absolute atomic E-state index is 0.281. The van der Waals surface area contributed by atoms with E-state index < -0.39 is 29.1 Å². The highest BCUT2D eigenvalue weighted by Gasteiger charge is 2.73. The zero-order valence-electron chi connectivity index (χ0n) is 15.4. The van der Waals surface area contributed by atoms with Gasteiger partial charge in [-0.1, -0.05) is 0 Å². The number of rotatable bonds is 5. The second kappa shape index (κ2) is 5.86. The smallest absolute Gasteiger partial charge is 0.408 e. The number of ether oxygens (including phenoxy) is 2. The molecular weight excluding hydrogens is 341 g/mol. The lowest BCUT2D eigenvalue weighted by Gasteiger charge is -2.72. The van der Waals surface area contributed by atoms with Gasteiger partial charge in [0.05, 0.1) is 7.11 Å². The summed E-state index contributed by atoms with van der Waals surface area (Å²) in [4.78, 5) is 23.7. The average Bonchev–Trinajstić information content (AvgIpc) is 2.41. The lowest BCUT2D eigenvalue weighted by atomic mass is 9.31. The van der Waals surface area contributed by atoms with Crippen LogP contribution < -0.4 is 10.1 Å². The van der Waals surface area contributed by atoms with E-state index in [1.54, 1.807) is 26.8 Å². The maximum Gasteiger partial charge on any atom is 0.408 e. The van der Waals surface area contributed by atoms with Gasteiger partial charge < -0.3 is 19.9 Å². The maximum absolute atomic E-state index is 13.7. The molecule has 3 aliphatic rings. The number of carbonyl (C=O) groups excluding carboxylic acids is 1. The van der Waals surface area contributed by atoms with Gasteiger partial charge in [-0.2, -0.15) is 0 Å². The number of halogens is 1. The van der Waals surface area contributed by atoms with Gasteiger partial charge in [0, 0.05) is 16.4 Å². The first-order valence-electron chi connectivity index (χ1n) is 8.57. The summed E-state index contributed by atoms with van der Waals surface area (Å²) in [5.41, 5.74) is -0.747. The molecule has 0 radical (unpaired) electrons. The van der Waals surface area contributed by atoms with Gasteiger partial charge in [0.15, 0.2) is 0 Å². The summed E-state index contributed by atoms with van der Waals surface area (Å²) in [5, 5.41) is 12.1. The number of carbonyl (C=O) groups is 2. The Morgan fingerprint density at radius 3 is 2.38 bits per heavy atom. The number of hydrogen-bond acceptors (Lipinski definition) is 4. The molecule has 0 spiro atoms. The molecule has 0 aromatic heterocycles. The SMILES string of the molecule is COc1ccc(F)cc1C12CC(C(NC(=O)OC(C)(C)C)C(=O)O)(C1)C2. The number of nitrogens with one attached hydrogen (secondary N) is 1. The quantitative estimate of drug-likeness (QED) is 0.837. The first kappa shape index (κ1) is 18.5. The number of alkyl carbamates (subject to hydrolysis) is 1. The summed E-state index contributed by atoms with van der Waals surface area (Å²) in [6.07, 6.45) is 0.943. The van der Waals surface area contributed by atoms with E-state index in [0.29, 0.717) is 25.0 Å². The number of amides is 1. The Balaban J connectivity index is 1.74. The van der Waals surface area contributed by atoms with Crippen LogP contribution in [0, 0.1) is 11.2 Å². The van der Waals surface area contributed by atoms with Crippen LogP contribution >= 0.6 is 0 Å². The van der Waals surface area contributed by atoms with Crippen molar-refractivity contribution in [2.24, 2.45) is 5.41 Å². The first-order chi connectivity index (χ1) is 12.0. The Hall–Kier alpha value is -2.31. The van der Waals surface area contributed by atoms with Gasteiger partial charge in [0.25, 0.3) is 0 Å². The van der Waals surface area contributed by atoms with Crippen LogP contribution in [0.4, 0.5) is 9.18 Å². The minimum atomic E-state index is -1.09. The highest BCUT2D eigenvalue weighted by Crippen LogP contribution is 2.75. The monoisotopic (exact) mass is 365 g/mol. The maximum atomic E-state index is 13.7. The first-order valence-corrected chi connectivity index (χ1v) is 8.57. The van der Waals surface area contributed by atoms with Crippen molar-refractivity contribution in [1.82, 2.24) is 5.32 Å². The largest absolute Gasteiger partial charge is 0.496 e. The van der Waals surface area contributed by atoms with E-state index in [9.17, 15) is 19.1 Å². The summed E-state index contributed by atoms with van der Waals surface area (Å²) >= 11 is 0. The zero-order chi connectivity index (χ0) is 19.3. The van der Waals surface area contributed by atoms with E-state index >= 15 is 0 Å². The average molecular weight is 365 g/mol. The lowest BCUT2D eigenvalue weighted by Crippen LogP contribution is -2.73. The fourth-order valence-corrected chi connectivity index (χ4v) is 4.46. The van der Waals surface area contributed by atoms with Crippen LogP contribution in [-0.2, 0) is 14.9 Å². The molecule has 1 atom stereocenters. The van der Waals surface area contributed by atoms with Crippen molar-refractivity contribution in [3.05, 3.63) is 29.6 Å². The van der Waals surface area contributed by atoms with E-state index in [0.717, 1.165) is 5.56 Å². The number of benzene rings is 1. The Labute approximate surface area is 151 Å². The molecule has 142 valence electrons. The highest BCUT2D eigenvalue weighted by atomic mass is 19.1. The molecule has 1 unspecified atom stereocenters. The molecule has 0 saturated heterocycles. The van der Waals surface area contributed by atoms with Crippen LogP contribution in [-0.4, -0.2) is 35.9 Å². The van der Waals surface area contributed by atoms with E-state index in [-0.39, 0.29) is 11.2 Å². The topological polar surface area (TPSA) is 84.9 Å². The van der Waals surface area contributed by atoms with Gasteiger partial charge in [-0.05, 0) is 58.2 Å². The summed E-state index contributed by atoms with van der Waals surface area (Å²) < 4.78 is 24.2.